The first kappa shape index (κ1) is 12.9. The number of nitrogens with one attached hydrogen (secondary N) is 1. The van der Waals surface area contributed by atoms with Gasteiger partial charge in [-0.05, 0) is 42.2 Å². The largest absolute Gasteiger partial charge is 0.494 e. The molecule has 1 atom stereocenters. The number of anilines is 1. The van der Waals surface area contributed by atoms with E-state index in [-0.39, 0.29) is 17.6 Å². The predicted molar refractivity (Wildman–Crippen MR) is 74.0 cm³/mol. The number of ether oxygens (including phenoxy) is 1. The monoisotopic (exact) mass is 275 g/mol. The average Bonchev–Trinajstić information content (AvgIpc) is 2.84. The first-order valence-electron chi connectivity index (χ1n) is 6.56. The number of hydrogen-bond acceptors (Lipinski definition) is 2. The fourth-order valence-electron chi connectivity index (χ4n) is 2.72. The van der Waals surface area contributed by atoms with Gasteiger partial charge in [0, 0.05) is 11.8 Å². The normalized spacial score (nSPS) is 16.9. The average molecular weight is 275 g/mol. The van der Waals surface area contributed by atoms with Gasteiger partial charge in [0.15, 0.2) is 11.6 Å². The molecular weight excluding hydrogens is 260 g/mol. The Bertz CT molecular complexity index is 642. The van der Waals surface area contributed by atoms with E-state index in [1.54, 1.807) is 18.2 Å². The summed E-state index contributed by atoms with van der Waals surface area (Å²) in [5.74, 6) is -0.351. The second-order valence-corrected chi connectivity index (χ2v) is 4.89. The molecule has 0 fully saturated rings. The number of methoxy groups -OCH3 is 1. The van der Waals surface area contributed by atoms with E-state index in [4.69, 9.17) is 4.74 Å². The number of hydrogen-bond donors (Lipinski definition) is 1. The Morgan fingerprint density at radius 1 is 1.15 bits per heavy atom. The van der Waals surface area contributed by atoms with Crippen LogP contribution in [0.4, 0.5) is 14.5 Å². The van der Waals surface area contributed by atoms with Gasteiger partial charge in [0.25, 0.3) is 0 Å². The van der Waals surface area contributed by atoms with Crippen LogP contribution >= 0.6 is 0 Å². The Kier molecular flexibility index (Phi) is 3.30. The van der Waals surface area contributed by atoms with Crippen molar-refractivity contribution >= 4 is 5.69 Å². The number of benzene rings is 2. The van der Waals surface area contributed by atoms with Gasteiger partial charge in [-0.2, -0.15) is 0 Å². The molecule has 0 amide bonds. The highest BCUT2D eigenvalue weighted by atomic mass is 19.1. The highest BCUT2D eigenvalue weighted by molar-refractivity contribution is 5.51. The van der Waals surface area contributed by atoms with E-state index in [9.17, 15) is 8.78 Å². The third-order valence-corrected chi connectivity index (χ3v) is 3.71. The van der Waals surface area contributed by atoms with Gasteiger partial charge in [0.2, 0.25) is 0 Å². The van der Waals surface area contributed by atoms with Crippen LogP contribution in [0.2, 0.25) is 0 Å². The topological polar surface area (TPSA) is 21.3 Å². The summed E-state index contributed by atoms with van der Waals surface area (Å²) in [6.45, 7) is 0. The molecular formula is C16H15F2NO. The van der Waals surface area contributed by atoms with Crippen LogP contribution in [0.15, 0.2) is 36.4 Å². The molecule has 4 heteroatoms. The molecule has 2 aromatic carbocycles. The highest BCUT2D eigenvalue weighted by Crippen LogP contribution is 2.35. The molecule has 0 aliphatic heterocycles. The van der Waals surface area contributed by atoms with Gasteiger partial charge in [-0.1, -0.05) is 12.1 Å². The summed E-state index contributed by atoms with van der Waals surface area (Å²) in [7, 11) is 1.43. The van der Waals surface area contributed by atoms with E-state index in [1.165, 1.54) is 19.2 Å². The van der Waals surface area contributed by atoms with Crippen molar-refractivity contribution in [2.75, 3.05) is 12.4 Å². The summed E-state index contributed by atoms with van der Waals surface area (Å²) in [4.78, 5) is 0. The predicted octanol–water partition coefficient (Wildman–Crippen LogP) is 4.07. The molecule has 0 radical (unpaired) electrons. The lowest BCUT2D eigenvalue weighted by Crippen LogP contribution is -2.07. The molecule has 20 heavy (non-hydrogen) atoms. The molecule has 0 heterocycles. The van der Waals surface area contributed by atoms with Crippen LogP contribution in [0.1, 0.15) is 23.6 Å². The van der Waals surface area contributed by atoms with Gasteiger partial charge >= 0.3 is 0 Å². The maximum Gasteiger partial charge on any atom is 0.167 e. The van der Waals surface area contributed by atoms with E-state index in [1.807, 2.05) is 6.07 Å². The summed E-state index contributed by atoms with van der Waals surface area (Å²) < 4.78 is 32.2. The molecule has 2 aromatic rings. The summed E-state index contributed by atoms with van der Waals surface area (Å²) >= 11 is 0. The molecule has 1 aliphatic rings. The van der Waals surface area contributed by atoms with Crippen LogP contribution in [0.3, 0.4) is 0 Å². The Hall–Kier alpha value is -2.10. The Morgan fingerprint density at radius 2 is 2.00 bits per heavy atom. The molecule has 0 aromatic heterocycles. The van der Waals surface area contributed by atoms with Crippen molar-refractivity contribution in [3.05, 3.63) is 59.2 Å². The molecule has 2 nitrogen and oxygen atoms in total. The minimum Gasteiger partial charge on any atom is -0.494 e. The van der Waals surface area contributed by atoms with Crippen molar-refractivity contribution in [3.8, 4) is 5.75 Å². The van der Waals surface area contributed by atoms with E-state index in [0.717, 1.165) is 17.5 Å². The second-order valence-electron chi connectivity index (χ2n) is 4.89. The Labute approximate surface area is 116 Å². The molecule has 0 saturated carbocycles. The lowest BCUT2D eigenvalue weighted by atomic mass is 10.1. The minimum atomic E-state index is -0.407. The van der Waals surface area contributed by atoms with Crippen molar-refractivity contribution in [2.24, 2.45) is 0 Å². The Balaban J connectivity index is 1.84. The molecule has 0 bridgehead atoms. The van der Waals surface area contributed by atoms with Crippen molar-refractivity contribution in [1.29, 1.82) is 0 Å². The molecule has 1 aliphatic carbocycles. The highest BCUT2D eigenvalue weighted by Gasteiger charge is 2.24. The summed E-state index contributed by atoms with van der Waals surface area (Å²) in [6, 6.07) is 9.88. The summed E-state index contributed by atoms with van der Waals surface area (Å²) in [5, 5.41) is 3.25. The van der Waals surface area contributed by atoms with Crippen molar-refractivity contribution in [3.63, 3.8) is 0 Å². The van der Waals surface area contributed by atoms with Gasteiger partial charge in [-0.25, -0.2) is 8.78 Å². The molecule has 1 unspecified atom stereocenters. The summed E-state index contributed by atoms with van der Waals surface area (Å²) in [6.07, 6.45) is 1.52. The van der Waals surface area contributed by atoms with Gasteiger partial charge in [-0.15, -0.1) is 0 Å². The number of fused-ring (bicyclic) bond motifs is 1. The first-order chi connectivity index (χ1) is 9.69. The second kappa shape index (κ2) is 5.12. The van der Waals surface area contributed by atoms with Crippen LogP contribution in [0.5, 0.6) is 5.75 Å². The van der Waals surface area contributed by atoms with E-state index in [0.29, 0.717) is 12.1 Å². The van der Waals surface area contributed by atoms with E-state index < -0.39 is 5.82 Å². The van der Waals surface area contributed by atoms with Crippen LogP contribution in [-0.2, 0) is 6.42 Å². The fraction of sp³-hybridized carbons (Fsp3) is 0.250. The van der Waals surface area contributed by atoms with E-state index in [2.05, 4.69) is 5.32 Å². The molecule has 104 valence electrons. The third kappa shape index (κ3) is 2.22. The SMILES string of the molecule is COc1ccc(NC2CCc3c(F)cccc32)cc1F. The summed E-state index contributed by atoms with van der Waals surface area (Å²) in [5.41, 5.74) is 2.39. The van der Waals surface area contributed by atoms with Gasteiger partial charge in [0.05, 0.1) is 13.2 Å². The quantitative estimate of drug-likeness (QED) is 0.911. The van der Waals surface area contributed by atoms with Crippen molar-refractivity contribution < 1.29 is 13.5 Å². The van der Waals surface area contributed by atoms with Crippen LogP contribution in [0.25, 0.3) is 0 Å². The van der Waals surface area contributed by atoms with Crippen molar-refractivity contribution in [2.45, 2.75) is 18.9 Å². The lowest BCUT2D eigenvalue weighted by Gasteiger charge is -2.16. The molecule has 1 N–H and O–H groups in total. The Morgan fingerprint density at radius 3 is 2.75 bits per heavy atom. The zero-order valence-electron chi connectivity index (χ0n) is 11.1. The smallest absolute Gasteiger partial charge is 0.167 e. The number of halogens is 2. The third-order valence-electron chi connectivity index (χ3n) is 3.71. The maximum absolute atomic E-state index is 13.7. The van der Waals surface area contributed by atoms with Crippen molar-refractivity contribution in [1.82, 2.24) is 0 Å². The standard InChI is InChI=1S/C16H15F2NO/c1-20-16-8-5-10(9-14(16)18)19-15-7-6-11-12(15)3-2-4-13(11)17/h2-5,8-9,15,19H,6-7H2,1H3. The van der Waals surface area contributed by atoms with Gasteiger partial charge < -0.3 is 10.1 Å². The minimum absolute atomic E-state index is 0.0218. The molecule has 0 spiro atoms. The van der Waals surface area contributed by atoms with Gasteiger partial charge in [-0.3, -0.25) is 0 Å². The van der Waals surface area contributed by atoms with Crippen LogP contribution in [-0.4, -0.2) is 7.11 Å². The molecule has 3 rings (SSSR count). The number of rotatable bonds is 3. The van der Waals surface area contributed by atoms with E-state index >= 15 is 0 Å². The first-order valence-corrected chi connectivity index (χ1v) is 6.56. The fourth-order valence-corrected chi connectivity index (χ4v) is 2.72. The molecule has 0 saturated heterocycles. The maximum atomic E-state index is 13.7. The van der Waals surface area contributed by atoms with Crippen LogP contribution < -0.4 is 10.1 Å². The van der Waals surface area contributed by atoms with Gasteiger partial charge in [0.1, 0.15) is 5.82 Å². The zero-order valence-corrected chi connectivity index (χ0v) is 11.1. The lowest BCUT2D eigenvalue weighted by molar-refractivity contribution is 0.386. The zero-order chi connectivity index (χ0) is 14.1. The van der Waals surface area contributed by atoms with Crippen LogP contribution in [0, 0.1) is 11.6 Å².